The van der Waals surface area contributed by atoms with Crippen molar-refractivity contribution < 1.29 is 14.3 Å². The van der Waals surface area contributed by atoms with Gasteiger partial charge >= 0.3 is 11.9 Å². The molecule has 0 N–H and O–H groups in total. The van der Waals surface area contributed by atoms with E-state index >= 15 is 0 Å². The highest BCUT2D eigenvalue weighted by atomic mass is 16.5. The van der Waals surface area contributed by atoms with Crippen molar-refractivity contribution in [3.63, 3.8) is 0 Å². The van der Waals surface area contributed by atoms with Crippen LogP contribution in [0.4, 0.5) is 0 Å². The number of amides is 1. The Hall–Kier alpha value is -1.19. The first-order chi connectivity index (χ1) is 3.30. The second-order valence-corrected chi connectivity index (χ2v) is 0.898. The van der Waals surface area contributed by atoms with Crippen LogP contribution in [0.2, 0.25) is 0 Å². The number of carbonyl (C=O) groups is 2. The van der Waals surface area contributed by atoms with Crippen LogP contribution in [-0.2, 0) is 14.3 Å². The molecule has 1 amide bonds. The number of nitrogens with zero attached hydrogens (tertiary/aromatic N) is 1. The average molecular weight is 98.0 g/mol. The summed E-state index contributed by atoms with van der Waals surface area (Å²) in [5.41, 5.74) is 0. The van der Waals surface area contributed by atoms with Gasteiger partial charge in [0.15, 0.2) is 0 Å². The van der Waals surface area contributed by atoms with E-state index in [1.807, 2.05) is 0 Å². The Morgan fingerprint density at radius 2 is 2.29 bits per heavy atom. The summed E-state index contributed by atoms with van der Waals surface area (Å²) in [7, 11) is 0. The van der Waals surface area contributed by atoms with Crippen molar-refractivity contribution in [1.29, 1.82) is 0 Å². The smallest absolute Gasteiger partial charge is 0.394 e. The van der Waals surface area contributed by atoms with Crippen LogP contribution in [0.1, 0.15) is 0 Å². The second kappa shape index (κ2) is 1.14. The fraction of sp³-hybridized carbons (Fsp3) is 0. The number of hydrogen-bond acceptors (Lipinski definition) is 3. The molecule has 0 aliphatic carbocycles. The van der Waals surface area contributed by atoms with Crippen molar-refractivity contribution in [2.75, 3.05) is 0 Å². The summed E-state index contributed by atoms with van der Waals surface area (Å²) in [6, 6.07) is 0. The molecule has 0 saturated carbocycles. The molecule has 0 spiro atoms. The molecule has 1 rings (SSSR count). The van der Waals surface area contributed by atoms with E-state index in [-0.39, 0.29) is 0 Å². The third-order valence-corrected chi connectivity index (χ3v) is 0.460. The van der Waals surface area contributed by atoms with E-state index in [1.54, 1.807) is 6.40 Å². The third-order valence-electron chi connectivity index (χ3n) is 0.460. The highest BCUT2D eigenvalue weighted by Gasteiger charge is 2.18. The molecular formula is C3NO3. The molecule has 0 fully saturated rings. The zero-order valence-corrected chi connectivity index (χ0v) is 3.17. The Morgan fingerprint density at radius 1 is 1.57 bits per heavy atom. The molecule has 7 heavy (non-hydrogen) atoms. The summed E-state index contributed by atoms with van der Waals surface area (Å²) in [6.45, 7) is 0. The van der Waals surface area contributed by atoms with Gasteiger partial charge in [-0.05, 0) is 0 Å². The number of rotatable bonds is 0. The molecule has 0 saturated heterocycles. The van der Waals surface area contributed by atoms with Gasteiger partial charge in [0, 0.05) is 0 Å². The Kier molecular flexibility index (Phi) is 0.651. The van der Waals surface area contributed by atoms with E-state index in [9.17, 15) is 9.59 Å². The van der Waals surface area contributed by atoms with Gasteiger partial charge in [0.2, 0.25) is 0 Å². The molecule has 0 atom stereocenters. The van der Waals surface area contributed by atoms with Gasteiger partial charge < -0.3 is 4.74 Å². The van der Waals surface area contributed by atoms with Gasteiger partial charge in [0.05, 0.1) is 0 Å². The lowest BCUT2D eigenvalue weighted by Gasteiger charge is -1.73. The molecule has 0 aromatic rings. The standard InChI is InChI=1S/C3NO3/c5-2-3(6)7-1-4-2. The molecule has 0 unspecified atom stereocenters. The third kappa shape index (κ3) is 0.489. The Bertz CT molecular complexity index is 148. The molecule has 1 aliphatic heterocycles. The normalized spacial score (nSPS) is 17.7. The van der Waals surface area contributed by atoms with Crippen molar-refractivity contribution >= 4 is 18.3 Å². The maximum atomic E-state index is 9.87. The van der Waals surface area contributed by atoms with Gasteiger partial charge in [-0.2, -0.15) is 4.99 Å². The maximum Gasteiger partial charge on any atom is 0.406 e. The van der Waals surface area contributed by atoms with Crippen LogP contribution in [0.25, 0.3) is 0 Å². The molecule has 35 valence electrons. The molecule has 0 aromatic carbocycles. The fourth-order valence-corrected chi connectivity index (χ4v) is 0.195. The fourth-order valence-electron chi connectivity index (χ4n) is 0.195. The molecule has 0 bridgehead atoms. The first-order valence-electron chi connectivity index (χ1n) is 1.51. The van der Waals surface area contributed by atoms with Crippen molar-refractivity contribution in [3.05, 3.63) is 0 Å². The monoisotopic (exact) mass is 98.0 g/mol. The van der Waals surface area contributed by atoms with Crippen LogP contribution in [0, 0.1) is 0 Å². The van der Waals surface area contributed by atoms with E-state index in [0.717, 1.165) is 0 Å². The molecular weight excluding hydrogens is 98.0 g/mol. The van der Waals surface area contributed by atoms with E-state index in [4.69, 9.17) is 0 Å². The SMILES string of the molecule is O=C1N=[C]OC1=O. The van der Waals surface area contributed by atoms with Gasteiger partial charge in [-0.1, -0.05) is 0 Å². The zero-order valence-electron chi connectivity index (χ0n) is 3.17. The van der Waals surface area contributed by atoms with E-state index in [2.05, 4.69) is 9.73 Å². The van der Waals surface area contributed by atoms with E-state index < -0.39 is 11.9 Å². The van der Waals surface area contributed by atoms with Crippen LogP contribution < -0.4 is 0 Å². The maximum absolute atomic E-state index is 9.87. The Balaban J connectivity index is 2.81. The number of aliphatic imine (C=N–C) groups is 1. The van der Waals surface area contributed by atoms with Gasteiger partial charge in [-0.25, -0.2) is 4.79 Å². The van der Waals surface area contributed by atoms with Crippen LogP contribution in [0.15, 0.2) is 4.99 Å². The molecule has 0 aromatic heterocycles. The molecule has 1 aliphatic rings. The van der Waals surface area contributed by atoms with Crippen molar-refractivity contribution in [2.24, 2.45) is 4.99 Å². The average Bonchev–Trinajstić information content (AvgIpc) is 1.91. The summed E-state index contributed by atoms with van der Waals surface area (Å²) in [6.07, 6.45) is 1.75. The number of cyclic esters (lactones) is 1. The quantitative estimate of drug-likeness (QED) is 0.287. The summed E-state index contributed by atoms with van der Waals surface area (Å²) < 4.78 is 3.86. The van der Waals surface area contributed by atoms with Gasteiger partial charge in [0.1, 0.15) is 0 Å². The van der Waals surface area contributed by atoms with Crippen molar-refractivity contribution in [3.8, 4) is 0 Å². The number of esters is 1. The Labute approximate surface area is 38.8 Å². The Morgan fingerprint density at radius 3 is 2.43 bits per heavy atom. The highest BCUT2D eigenvalue weighted by molar-refractivity contribution is 6.37. The minimum absolute atomic E-state index is 0.889. The topological polar surface area (TPSA) is 55.7 Å². The van der Waals surface area contributed by atoms with Gasteiger partial charge in [0.25, 0.3) is 6.40 Å². The van der Waals surface area contributed by atoms with Gasteiger partial charge in [-0.15, -0.1) is 0 Å². The minimum Gasteiger partial charge on any atom is -0.394 e. The first kappa shape index (κ1) is 3.98. The van der Waals surface area contributed by atoms with Crippen molar-refractivity contribution in [2.45, 2.75) is 0 Å². The lowest BCUT2D eigenvalue weighted by Crippen LogP contribution is -2.04. The van der Waals surface area contributed by atoms with E-state index in [0.29, 0.717) is 0 Å². The number of ether oxygens (including phenoxy) is 1. The van der Waals surface area contributed by atoms with Crippen LogP contribution >= 0.6 is 0 Å². The molecule has 4 nitrogen and oxygen atoms in total. The van der Waals surface area contributed by atoms with Crippen LogP contribution in [-0.4, -0.2) is 18.3 Å². The van der Waals surface area contributed by atoms with E-state index in [1.165, 1.54) is 0 Å². The van der Waals surface area contributed by atoms with Crippen LogP contribution in [0.5, 0.6) is 0 Å². The summed E-state index contributed by atoms with van der Waals surface area (Å²) in [5, 5.41) is 0. The second-order valence-electron chi connectivity index (χ2n) is 0.898. The van der Waals surface area contributed by atoms with Gasteiger partial charge in [-0.3, -0.25) is 4.79 Å². The minimum atomic E-state index is -0.958. The summed E-state index contributed by atoms with van der Waals surface area (Å²) in [5.74, 6) is -1.85. The first-order valence-corrected chi connectivity index (χ1v) is 1.51. The van der Waals surface area contributed by atoms with Crippen molar-refractivity contribution in [1.82, 2.24) is 0 Å². The summed E-state index contributed by atoms with van der Waals surface area (Å²) in [4.78, 5) is 22.6. The highest BCUT2D eigenvalue weighted by Crippen LogP contribution is 1.86. The largest absolute Gasteiger partial charge is 0.406 e. The zero-order chi connectivity index (χ0) is 5.28. The lowest BCUT2D eigenvalue weighted by atomic mass is 10.7. The summed E-state index contributed by atoms with van der Waals surface area (Å²) >= 11 is 0. The lowest BCUT2D eigenvalue weighted by molar-refractivity contribution is -0.144. The number of carbonyl (C=O) groups excluding carboxylic acids is 2. The molecule has 1 radical (unpaired) electrons. The molecule has 4 heteroatoms. The predicted octanol–water partition coefficient (Wildman–Crippen LogP) is -1.02. The molecule has 1 heterocycles. The predicted molar refractivity (Wildman–Crippen MR) is 18.5 cm³/mol. The number of hydrogen-bond donors (Lipinski definition) is 0. The van der Waals surface area contributed by atoms with Crippen LogP contribution in [0.3, 0.4) is 0 Å².